The van der Waals surface area contributed by atoms with E-state index in [1.165, 1.54) is 12.1 Å². The molecule has 0 aliphatic carbocycles. The van der Waals surface area contributed by atoms with Crippen LogP contribution < -0.4 is 16.0 Å². The Labute approximate surface area is 244 Å². The molecule has 2 aromatic carbocycles. The van der Waals surface area contributed by atoms with Crippen LogP contribution in [-0.4, -0.2) is 53.9 Å². The van der Waals surface area contributed by atoms with Gasteiger partial charge in [0.25, 0.3) is 0 Å². The molecule has 2 heterocycles. The van der Waals surface area contributed by atoms with Gasteiger partial charge < -0.3 is 26.2 Å². The molecule has 4 rings (SSSR count). The van der Waals surface area contributed by atoms with E-state index in [0.29, 0.717) is 34.7 Å². The Morgan fingerprint density at radius 1 is 1.18 bits per heavy atom. The summed E-state index contributed by atoms with van der Waals surface area (Å²) in [6, 6.07) is 8.39. The maximum absolute atomic E-state index is 14.9. The van der Waals surface area contributed by atoms with Crippen LogP contribution in [0.4, 0.5) is 10.1 Å². The lowest BCUT2D eigenvalue weighted by Gasteiger charge is -2.37. The maximum atomic E-state index is 14.9. The van der Waals surface area contributed by atoms with Gasteiger partial charge in [0.05, 0.1) is 11.1 Å². The van der Waals surface area contributed by atoms with Crippen molar-refractivity contribution in [3.63, 3.8) is 0 Å². The van der Waals surface area contributed by atoms with Crippen LogP contribution in [0.1, 0.15) is 50.7 Å². The first kappa shape index (κ1) is 31.6. The molecule has 7 nitrogen and oxygen atoms in total. The zero-order valence-corrected chi connectivity index (χ0v) is 24.4. The number of fused-ring (bicyclic) bond motifs is 2. The van der Waals surface area contributed by atoms with Crippen molar-refractivity contribution in [3.05, 3.63) is 63.4 Å². The van der Waals surface area contributed by atoms with Crippen LogP contribution in [0.15, 0.2) is 36.4 Å². The number of carbonyl (C=O) groups is 2. The fraction of sp³-hybridized carbons (Fsp3) is 0.500. The van der Waals surface area contributed by atoms with Crippen LogP contribution in [0.2, 0.25) is 10.0 Å². The van der Waals surface area contributed by atoms with Crippen molar-refractivity contribution in [2.45, 2.75) is 57.0 Å². The molecule has 2 aromatic rings. The molecule has 39 heavy (non-hydrogen) atoms. The molecule has 0 aromatic heterocycles. The second-order valence-electron chi connectivity index (χ2n) is 11.4. The molecule has 1 fully saturated rings. The van der Waals surface area contributed by atoms with Crippen LogP contribution in [0.5, 0.6) is 0 Å². The van der Waals surface area contributed by atoms with Crippen molar-refractivity contribution >= 4 is 53.1 Å². The predicted molar refractivity (Wildman–Crippen MR) is 153 cm³/mol. The molecule has 0 saturated carbocycles. The van der Waals surface area contributed by atoms with Gasteiger partial charge in [-0.15, -0.1) is 12.4 Å². The summed E-state index contributed by atoms with van der Waals surface area (Å²) in [5, 5.41) is 28.4. The highest BCUT2D eigenvalue weighted by Gasteiger charge is 2.65. The quantitative estimate of drug-likeness (QED) is 0.308. The molecule has 1 saturated heterocycles. The highest BCUT2D eigenvalue weighted by Crippen LogP contribution is 2.57. The summed E-state index contributed by atoms with van der Waals surface area (Å²) in [6.45, 7) is 5.98. The van der Waals surface area contributed by atoms with Gasteiger partial charge in [0.2, 0.25) is 11.8 Å². The van der Waals surface area contributed by atoms with E-state index in [-0.39, 0.29) is 60.3 Å². The minimum absolute atomic E-state index is 0. The van der Waals surface area contributed by atoms with Crippen molar-refractivity contribution in [2.24, 2.45) is 11.3 Å². The number of anilines is 1. The van der Waals surface area contributed by atoms with Gasteiger partial charge in [-0.05, 0) is 53.6 Å². The SMILES string of the molecule is CC(C)(C)C[C@H]1N[C@@H](C(=O)NCCC(CO)CO)[C@H](c2cccc(Cl)c2)[C@@]12C(=O)Nc1cc(Cl)c(F)cc12.Cl. The normalized spacial score (nSPS) is 24.0. The Kier molecular flexibility index (Phi) is 9.95. The first-order chi connectivity index (χ1) is 17.9. The average Bonchev–Trinajstić information content (AvgIpc) is 3.31. The standard InChI is InChI=1S/C28H34Cl2FN3O4.ClH/c1-27(2,3)12-22-28(18-10-20(31)19(30)11-21(18)33-26(28)38)23(16-5-4-6-17(29)9-16)24(34-22)25(37)32-8-7-15(13-35)14-36;/h4-6,9-11,15,22-24,34-36H,7-8,12-14H2,1-3H3,(H,32,37)(H,33,38);1H/t22-,23+,24-,28+;/m1./s1. The van der Waals surface area contributed by atoms with Gasteiger partial charge in [0.1, 0.15) is 11.2 Å². The molecule has 2 aliphatic heterocycles. The van der Waals surface area contributed by atoms with E-state index in [1.807, 2.05) is 26.8 Å². The van der Waals surface area contributed by atoms with Gasteiger partial charge in [-0.25, -0.2) is 4.39 Å². The zero-order chi connectivity index (χ0) is 27.8. The first-order valence-corrected chi connectivity index (χ1v) is 13.5. The van der Waals surface area contributed by atoms with E-state index in [4.69, 9.17) is 23.2 Å². The molecule has 0 unspecified atom stereocenters. The van der Waals surface area contributed by atoms with Crippen molar-refractivity contribution in [3.8, 4) is 0 Å². The summed E-state index contributed by atoms with van der Waals surface area (Å²) in [4.78, 5) is 27.8. The fourth-order valence-corrected chi connectivity index (χ4v) is 6.25. The molecule has 5 N–H and O–H groups in total. The van der Waals surface area contributed by atoms with Crippen molar-refractivity contribution < 1.29 is 24.2 Å². The molecule has 2 amide bonds. The van der Waals surface area contributed by atoms with Crippen LogP contribution in [0.3, 0.4) is 0 Å². The maximum Gasteiger partial charge on any atom is 0.237 e. The smallest absolute Gasteiger partial charge is 0.237 e. The summed E-state index contributed by atoms with van der Waals surface area (Å²) in [6.07, 6.45) is 0.902. The molecule has 214 valence electrons. The summed E-state index contributed by atoms with van der Waals surface area (Å²) >= 11 is 12.5. The topological polar surface area (TPSA) is 111 Å². The molecular weight excluding hydrogens is 568 g/mol. The number of benzene rings is 2. The van der Waals surface area contributed by atoms with Crippen LogP contribution in [0, 0.1) is 17.2 Å². The second-order valence-corrected chi connectivity index (χ2v) is 12.3. The van der Waals surface area contributed by atoms with Crippen LogP contribution in [-0.2, 0) is 15.0 Å². The Bertz CT molecular complexity index is 1220. The van der Waals surface area contributed by atoms with Gasteiger partial charge in [-0.3, -0.25) is 9.59 Å². The molecule has 0 bridgehead atoms. The number of aliphatic hydroxyl groups excluding tert-OH is 2. The minimum Gasteiger partial charge on any atom is -0.396 e. The summed E-state index contributed by atoms with van der Waals surface area (Å²) in [5.41, 5.74) is -0.0165. The number of rotatable bonds is 8. The number of hydrogen-bond donors (Lipinski definition) is 5. The lowest BCUT2D eigenvalue weighted by molar-refractivity contribution is -0.124. The van der Waals surface area contributed by atoms with E-state index >= 15 is 0 Å². The largest absolute Gasteiger partial charge is 0.396 e. The van der Waals surface area contributed by atoms with E-state index in [0.717, 1.165) is 0 Å². The molecule has 2 aliphatic rings. The van der Waals surface area contributed by atoms with Crippen molar-refractivity contribution in [1.82, 2.24) is 10.6 Å². The summed E-state index contributed by atoms with van der Waals surface area (Å²) in [7, 11) is 0. The fourth-order valence-electron chi connectivity index (χ4n) is 5.88. The Hall–Kier alpha value is -1.94. The van der Waals surface area contributed by atoms with E-state index in [2.05, 4.69) is 16.0 Å². The highest BCUT2D eigenvalue weighted by atomic mass is 35.5. The van der Waals surface area contributed by atoms with Gasteiger partial charge in [-0.1, -0.05) is 56.1 Å². The van der Waals surface area contributed by atoms with E-state index < -0.39 is 29.2 Å². The third kappa shape index (κ3) is 6.06. The lowest BCUT2D eigenvalue weighted by atomic mass is 9.62. The van der Waals surface area contributed by atoms with Crippen molar-refractivity contribution in [2.75, 3.05) is 25.1 Å². The van der Waals surface area contributed by atoms with Crippen LogP contribution in [0.25, 0.3) is 0 Å². The highest BCUT2D eigenvalue weighted by molar-refractivity contribution is 6.31. The molecule has 1 spiro atoms. The monoisotopic (exact) mass is 601 g/mol. The number of amides is 2. The predicted octanol–water partition coefficient (Wildman–Crippen LogP) is 4.41. The van der Waals surface area contributed by atoms with Gasteiger partial charge >= 0.3 is 0 Å². The van der Waals surface area contributed by atoms with Crippen molar-refractivity contribution in [1.29, 1.82) is 0 Å². The summed E-state index contributed by atoms with van der Waals surface area (Å²) in [5.74, 6) is -2.39. The Morgan fingerprint density at radius 2 is 1.87 bits per heavy atom. The number of carbonyl (C=O) groups excluding carboxylic acids is 2. The molecule has 0 radical (unpaired) electrons. The average molecular weight is 603 g/mol. The third-order valence-electron chi connectivity index (χ3n) is 7.56. The minimum atomic E-state index is -1.32. The zero-order valence-electron chi connectivity index (χ0n) is 22.1. The summed E-state index contributed by atoms with van der Waals surface area (Å²) < 4.78 is 14.9. The number of hydrogen-bond acceptors (Lipinski definition) is 5. The van der Waals surface area contributed by atoms with Gasteiger partial charge in [-0.2, -0.15) is 0 Å². The Morgan fingerprint density at radius 3 is 2.49 bits per heavy atom. The molecular formula is C28H35Cl3FN3O4. The first-order valence-electron chi connectivity index (χ1n) is 12.7. The van der Waals surface area contributed by atoms with E-state index in [1.54, 1.807) is 18.2 Å². The number of halogens is 4. The lowest BCUT2D eigenvalue weighted by Crippen LogP contribution is -2.49. The molecule has 11 heteroatoms. The second kappa shape index (κ2) is 12.3. The Balaban J connectivity index is 0.00000420. The number of nitrogens with one attached hydrogen (secondary N) is 3. The van der Waals surface area contributed by atoms with E-state index in [9.17, 15) is 24.2 Å². The third-order valence-corrected chi connectivity index (χ3v) is 8.08. The van der Waals surface area contributed by atoms with Gasteiger partial charge in [0.15, 0.2) is 0 Å². The van der Waals surface area contributed by atoms with Crippen LogP contribution >= 0.6 is 35.6 Å². The number of aliphatic hydroxyl groups is 2. The van der Waals surface area contributed by atoms with Gasteiger partial charge in [0, 0.05) is 48.3 Å². The molecule has 4 atom stereocenters.